The number of rotatable bonds is 7. The maximum Gasteiger partial charge on any atom is 0.321 e. The summed E-state index contributed by atoms with van der Waals surface area (Å²) >= 11 is 11.8. The van der Waals surface area contributed by atoms with Crippen molar-refractivity contribution in [1.82, 2.24) is 10.6 Å². The van der Waals surface area contributed by atoms with E-state index in [2.05, 4.69) is 10.6 Å². The van der Waals surface area contributed by atoms with Crippen LogP contribution < -0.4 is 15.4 Å². The highest BCUT2D eigenvalue weighted by Crippen LogP contribution is 2.27. The number of benzene rings is 1. The van der Waals surface area contributed by atoms with E-state index in [1.807, 2.05) is 0 Å². The van der Waals surface area contributed by atoms with E-state index in [0.29, 0.717) is 22.2 Å². The summed E-state index contributed by atoms with van der Waals surface area (Å²) in [5.74, 6) is -0.805. The summed E-state index contributed by atoms with van der Waals surface area (Å²) in [6.45, 7) is 6.96. The van der Waals surface area contributed by atoms with Crippen LogP contribution in [0.1, 0.15) is 40.5 Å². The Balaban J connectivity index is 2.30. The van der Waals surface area contributed by atoms with Crippen molar-refractivity contribution in [3.63, 3.8) is 0 Å². The lowest BCUT2D eigenvalue weighted by Crippen LogP contribution is -2.50. The molecule has 0 spiro atoms. The molecule has 0 aromatic heterocycles. The number of hydrogen-bond donors (Lipinski definition) is 2. The smallest absolute Gasteiger partial charge is 0.321 e. The minimum atomic E-state index is -1.09. The monoisotopic (exact) mass is 418 g/mol. The second-order valence-corrected chi connectivity index (χ2v) is 7.70. The van der Waals surface area contributed by atoms with Crippen LogP contribution >= 0.6 is 23.2 Å². The lowest BCUT2D eigenvalue weighted by molar-refractivity contribution is -0.154. The van der Waals surface area contributed by atoms with Crippen LogP contribution in [0.2, 0.25) is 10.0 Å². The number of carbonyl (C=O) groups is 3. The van der Waals surface area contributed by atoms with Crippen LogP contribution in [0.25, 0.3) is 0 Å². The van der Waals surface area contributed by atoms with Crippen LogP contribution in [0.4, 0.5) is 4.79 Å². The number of halogens is 2. The molecule has 7 nitrogen and oxygen atoms in total. The van der Waals surface area contributed by atoms with Crippen molar-refractivity contribution in [3.8, 4) is 5.75 Å². The third-order valence-electron chi connectivity index (χ3n) is 3.08. The minimum absolute atomic E-state index is 0.0526. The second kappa shape index (κ2) is 10.4. The molecular weight excluding hydrogens is 395 g/mol. The lowest BCUT2D eigenvalue weighted by atomic mass is 10.1. The van der Waals surface area contributed by atoms with Gasteiger partial charge in [-0.25, -0.2) is 4.79 Å². The Morgan fingerprint density at radius 3 is 2.44 bits per heavy atom. The lowest BCUT2D eigenvalue weighted by Gasteiger charge is -2.21. The topological polar surface area (TPSA) is 93.7 Å². The highest BCUT2D eigenvalue weighted by Gasteiger charge is 2.22. The fourth-order valence-electron chi connectivity index (χ4n) is 1.89. The molecule has 2 N–H and O–H groups in total. The third-order valence-corrected chi connectivity index (χ3v) is 3.61. The summed E-state index contributed by atoms with van der Waals surface area (Å²) in [5, 5.41) is 5.58. The van der Waals surface area contributed by atoms with E-state index >= 15 is 0 Å². The van der Waals surface area contributed by atoms with Crippen LogP contribution in [-0.2, 0) is 14.3 Å². The predicted molar refractivity (Wildman–Crippen MR) is 103 cm³/mol. The molecule has 150 valence electrons. The van der Waals surface area contributed by atoms with E-state index in [-0.39, 0.29) is 13.0 Å². The zero-order valence-corrected chi connectivity index (χ0v) is 17.2. The van der Waals surface area contributed by atoms with Crippen LogP contribution in [0.15, 0.2) is 18.2 Å². The third kappa shape index (κ3) is 9.49. The van der Waals surface area contributed by atoms with Crippen LogP contribution in [0.5, 0.6) is 5.75 Å². The highest BCUT2D eigenvalue weighted by molar-refractivity contribution is 6.35. The van der Waals surface area contributed by atoms with Gasteiger partial charge >= 0.3 is 12.0 Å². The van der Waals surface area contributed by atoms with Crippen LogP contribution in [0, 0.1) is 0 Å². The van der Waals surface area contributed by atoms with E-state index < -0.39 is 29.6 Å². The maximum atomic E-state index is 11.9. The molecule has 0 saturated heterocycles. The Kier molecular flexibility index (Phi) is 8.85. The number of imide groups is 1. The minimum Gasteiger partial charge on any atom is -0.492 e. The van der Waals surface area contributed by atoms with Gasteiger partial charge in [0.2, 0.25) is 0 Å². The number of hydrogen-bond acceptors (Lipinski definition) is 5. The second-order valence-electron chi connectivity index (χ2n) is 6.85. The van der Waals surface area contributed by atoms with Crippen molar-refractivity contribution in [2.75, 3.05) is 6.61 Å². The van der Waals surface area contributed by atoms with Crippen LogP contribution in [-0.4, -0.2) is 36.2 Å². The van der Waals surface area contributed by atoms with Crippen molar-refractivity contribution >= 4 is 41.1 Å². The van der Waals surface area contributed by atoms with Gasteiger partial charge in [-0.2, -0.15) is 0 Å². The first-order valence-corrected chi connectivity index (χ1v) is 9.14. The van der Waals surface area contributed by atoms with E-state index in [0.717, 1.165) is 0 Å². The Labute approximate surface area is 168 Å². The van der Waals surface area contributed by atoms with E-state index in [1.54, 1.807) is 39.0 Å². The van der Waals surface area contributed by atoms with Gasteiger partial charge in [0.05, 0.1) is 11.6 Å². The molecule has 0 saturated carbocycles. The van der Waals surface area contributed by atoms with Crippen molar-refractivity contribution in [1.29, 1.82) is 0 Å². The molecule has 9 heteroatoms. The van der Waals surface area contributed by atoms with Gasteiger partial charge < -0.3 is 14.8 Å². The average Bonchev–Trinajstić information content (AvgIpc) is 2.51. The molecule has 3 amide bonds. The van der Waals surface area contributed by atoms with E-state index in [1.165, 1.54) is 6.92 Å². The molecule has 0 aliphatic heterocycles. The summed E-state index contributed by atoms with van der Waals surface area (Å²) in [5.41, 5.74) is -0.489. The average molecular weight is 419 g/mol. The van der Waals surface area contributed by atoms with Crippen molar-refractivity contribution in [3.05, 3.63) is 28.2 Å². The Morgan fingerprint density at radius 2 is 1.85 bits per heavy atom. The summed E-state index contributed by atoms with van der Waals surface area (Å²) in [7, 11) is 0. The molecule has 1 aromatic rings. The first kappa shape index (κ1) is 23.0. The zero-order chi connectivity index (χ0) is 20.6. The largest absolute Gasteiger partial charge is 0.492 e. The van der Waals surface area contributed by atoms with Gasteiger partial charge in [-0.1, -0.05) is 23.2 Å². The van der Waals surface area contributed by atoms with Gasteiger partial charge in [-0.15, -0.1) is 0 Å². The molecule has 0 aliphatic rings. The van der Waals surface area contributed by atoms with Crippen molar-refractivity contribution < 1.29 is 23.9 Å². The van der Waals surface area contributed by atoms with Gasteiger partial charge in [0, 0.05) is 17.0 Å². The number of esters is 1. The number of ether oxygens (including phenoxy) is 2. The maximum absolute atomic E-state index is 11.9. The van der Waals surface area contributed by atoms with Gasteiger partial charge in [0.1, 0.15) is 5.75 Å². The molecule has 1 rings (SSSR count). The van der Waals surface area contributed by atoms with E-state index in [4.69, 9.17) is 32.7 Å². The molecule has 0 heterocycles. The van der Waals surface area contributed by atoms with Crippen molar-refractivity contribution in [2.45, 2.75) is 52.2 Å². The van der Waals surface area contributed by atoms with Gasteiger partial charge in [0.15, 0.2) is 6.10 Å². The molecule has 27 heavy (non-hydrogen) atoms. The Hall–Kier alpha value is -1.99. The standard InChI is InChI=1S/C18H24Cl2N2O5/c1-11(16(24)21-17(25)22-18(2,3)4)27-15(23)6-5-9-26-14-8-7-12(19)10-13(14)20/h7-8,10-11H,5-6,9H2,1-4H3,(H2,21,22,24,25). The zero-order valence-electron chi connectivity index (χ0n) is 15.7. The van der Waals surface area contributed by atoms with Gasteiger partial charge in [0.25, 0.3) is 5.91 Å². The summed E-state index contributed by atoms with van der Waals surface area (Å²) in [6, 6.07) is 4.19. The molecule has 0 radical (unpaired) electrons. The molecular formula is C18H24Cl2N2O5. The molecule has 0 bridgehead atoms. The first-order chi connectivity index (χ1) is 12.5. The number of carbonyl (C=O) groups excluding carboxylic acids is 3. The van der Waals surface area contributed by atoms with E-state index in [9.17, 15) is 14.4 Å². The molecule has 1 unspecified atom stereocenters. The molecule has 0 aliphatic carbocycles. The number of amides is 3. The Bertz CT molecular complexity index is 689. The quantitative estimate of drug-likeness (QED) is 0.519. The summed E-state index contributed by atoms with van der Waals surface area (Å²) < 4.78 is 10.5. The summed E-state index contributed by atoms with van der Waals surface area (Å²) in [6.07, 6.45) is -0.664. The number of nitrogens with one attached hydrogen (secondary N) is 2. The van der Waals surface area contributed by atoms with Crippen LogP contribution in [0.3, 0.4) is 0 Å². The van der Waals surface area contributed by atoms with Crippen molar-refractivity contribution in [2.24, 2.45) is 0 Å². The fraction of sp³-hybridized carbons (Fsp3) is 0.500. The Morgan fingerprint density at radius 1 is 1.19 bits per heavy atom. The fourth-order valence-corrected chi connectivity index (χ4v) is 2.35. The summed E-state index contributed by atoms with van der Waals surface area (Å²) in [4.78, 5) is 35.3. The SMILES string of the molecule is CC(OC(=O)CCCOc1ccc(Cl)cc1Cl)C(=O)NC(=O)NC(C)(C)C. The number of urea groups is 1. The first-order valence-electron chi connectivity index (χ1n) is 8.38. The van der Waals surface area contributed by atoms with Gasteiger partial charge in [-0.05, 0) is 52.3 Å². The molecule has 1 atom stereocenters. The highest BCUT2D eigenvalue weighted by atomic mass is 35.5. The normalized spacial score (nSPS) is 12.1. The predicted octanol–water partition coefficient (Wildman–Crippen LogP) is 3.71. The molecule has 1 aromatic carbocycles. The molecule has 0 fully saturated rings. The van der Waals surface area contributed by atoms with Gasteiger partial charge in [-0.3, -0.25) is 14.9 Å².